The predicted molar refractivity (Wildman–Crippen MR) is 114 cm³/mol. The fourth-order valence-corrected chi connectivity index (χ4v) is 7.09. The zero-order valence-electron chi connectivity index (χ0n) is 16.9. The summed E-state index contributed by atoms with van der Waals surface area (Å²) >= 11 is 4.94. The van der Waals surface area contributed by atoms with Gasteiger partial charge in [-0.05, 0) is 73.4 Å². The Bertz CT molecular complexity index is 663. The Morgan fingerprint density at radius 1 is 1.18 bits per heavy atom. The van der Waals surface area contributed by atoms with Gasteiger partial charge < -0.3 is 9.64 Å². The number of rotatable bonds is 4. The van der Waals surface area contributed by atoms with Crippen molar-refractivity contribution in [1.82, 2.24) is 4.90 Å². The van der Waals surface area contributed by atoms with E-state index in [1.807, 2.05) is 17.9 Å². The first-order valence-electron chi connectivity index (χ1n) is 10.2. The van der Waals surface area contributed by atoms with Crippen molar-refractivity contribution in [2.24, 2.45) is 11.8 Å². The van der Waals surface area contributed by atoms with E-state index in [9.17, 15) is 14.4 Å². The highest BCUT2D eigenvalue weighted by Crippen LogP contribution is 2.49. The average Bonchev–Trinajstić information content (AvgIpc) is 2.98. The summed E-state index contributed by atoms with van der Waals surface area (Å²) in [5.74, 6) is 0.763. The van der Waals surface area contributed by atoms with E-state index in [4.69, 9.17) is 4.74 Å². The molecule has 2 aliphatic carbocycles. The molecule has 0 aromatic carbocycles. The molecule has 2 atom stereocenters. The molecule has 2 unspecified atom stereocenters. The number of carbonyl (C=O) groups excluding carboxylic acids is 3. The van der Waals surface area contributed by atoms with Crippen LogP contribution in [0.3, 0.4) is 0 Å². The minimum atomic E-state index is -0.882. The van der Waals surface area contributed by atoms with E-state index in [0.29, 0.717) is 31.6 Å². The molecule has 0 saturated heterocycles. The number of methoxy groups -OCH3 is 1. The number of ether oxygens (including phenoxy) is 1. The molecule has 2 saturated carbocycles. The first kappa shape index (κ1) is 21.9. The van der Waals surface area contributed by atoms with Gasteiger partial charge in [-0.3, -0.25) is 14.4 Å². The van der Waals surface area contributed by atoms with Gasteiger partial charge in [-0.1, -0.05) is 18.7 Å². The topological polar surface area (TPSA) is 63.7 Å². The molecule has 0 radical (unpaired) electrons. The summed E-state index contributed by atoms with van der Waals surface area (Å²) in [6.07, 6.45) is 8.30. The lowest BCUT2D eigenvalue weighted by atomic mass is 9.80. The fraction of sp³-hybridized carbons (Fsp3) is 0.762. The van der Waals surface area contributed by atoms with E-state index in [2.05, 4.69) is 22.9 Å². The molecule has 2 fully saturated rings. The van der Waals surface area contributed by atoms with Crippen LogP contribution in [-0.4, -0.2) is 46.5 Å². The first-order chi connectivity index (χ1) is 13.3. The Morgan fingerprint density at radius 2 is 1.79 bits per heavy atom. The molecule has 3 rings (SSSR count). The van der Waals surface area contributed by atoms with Crippen LogP contribution in [0.1, 0.15) is 65.2 Å². The van der Waals surface area contributed by atoms with Gasteiger partial charge >= 0.3 is 5.97 Å². The van der Waals surface area contributed by atoms with Crippen LogP contribution in [-0.2, 0) is 19.1 Å². The van der Waals surface area contributed by atoms with E-state index in [0.717, 1.165) is 29.5 Å². The van der Waals surface area contributed by atoms with Crippen LogP contribution < -0.4 is 0 Å². The number of thioether (sulfide) groups is 1. The van der Waals surface area contributed by atoms with Crippen LogP contribution in [0, 0.1) is 11.8 Å². The molecule has 1 aliphatic heterocycles. The molecule has 1 heterocycles. The zero-order chi connectivity index (χ0) is 20.5. The standard InChI is InChI=1S/C21H30BrNO4S/c1-13-4-6-14(7-5-13)19(25)23(15-8-10-16(24)11-9-15)17-12-18(22)28-21(17,2)20(26)27-3/h12-15,17H,4-11H2,1-3H3. The molecular weight excluding hydrogens is 442 g/mol. The van der Waals surface area contributed by atoms with Crippen molar-refractivity contribution in [2.75, 3.05) is 7.11 Å². The molecule has 5 nitrogen and oxygen atoms in total. The van der Waals surface area contributed by atoms with Crippen LogP contribution in [0.4, 0.5) is 0 Å². The summed E-state index contributed by atoms with van der Waals surface area (Å²) in [6.45, 7) is 4.10. The highest BCUT2D eigenvalue weighted by Gasteiger charge is 2.53. The maximum Gasteiger partial charge on any atom is 0.324 e. The molecular formula is C21H30BrNO4S. The minimum absolute atomic E-state index is 0.00576. The molecule has 1 amide bonds. The van der Waals surface area contributed by atoms with E-state index in [1.54, 1.807) is 0 Å². The second-order valence-corrected chi connectivity index (χ2v) is 11.5. The Hall–Kier alpha value is -0.820. The summed E-state index contributed by atoms with van der Waals surface area (Å²) in [5, 5.41) is 0. The van der Waals surface area contributed by atoms with E-state index in [-0.39, 0.29) is 35.7 Å². The lowest BCUT2D eigenvalue weighted by molar-refractivity contribution is -0.149. The number of carbonyl (C=O) groups is 3. The quantitative estimate of drug-likeness (QED) is 0.567. The molecule has 0 aromatic rings. The second kappa shape index (κ2) is 8.90. The predicted octanol–water partition coefficient (Wildman–Crippen LogP) is 4.44. The van der Waals surface area contributed by atoms with Crippen LogP contribution in [0.2, 0.25) is 0 Å². The number of nitrogens with zero attached hydrogens (tertiary/aromatic N) is 1. The number of ketones is 1. The van der Waals surface area contributed by atoms with Crippen molar-refractivity contribution >= 4 is 45.4 Å². The Labute approximate surface area is 180 Å². The molecule has 156 valence electrons. The maximum atomic E-state index is 13.7. The number of Topliss-reactive ketones (excluding diaryl/α,β-unsaturated/α-hetero) is 1. The lowest BCUT2D eigenvalue weighted by Gasteiger charge is -2.44. The highest BCUT2D eigenvalue weighted by molar-refractivity contribution is 9.14. The summed E-state index contributed by atoms with van der Waals surface area (Å²) in [6, 6.07) is -0.377. The van der Waals surface area contributed by atoms with Crippen molar-refractivity contribution in [1.29, 1.82) is 0 Å². The SMILES string of the molecule is COC(=O)C1(C)SC(Br)=CC1N(C(=O)C1CCC(C)CC1)C1CCC(=O)CC1. The van der Waals surface area contributed by atoms with Gasteiger partial charge in [0.05, 0.1) is 13.2 Å². The van der Waals surface area contributed by atoms with Gasteiger partial charge in [-0.2, -0.15) is 0 Å². The van der Waals surface area contributed by atoms with E-state index >= 15 is 0 Å². The molecule has 7 heteroatoms. The highest BCUT2D eigenvalue weighted by atomic mass is 79.9. The van der Waals surface area contributed by atoms with Crippen LogP contribution in [0.15, 0.2) is 9.89 Å². The number of hydrogen-bond donors (Lipinski definition) is 0. The molecule has 3 aliphatic rings. The largest absolute Gasteiger partial charge is 0.468 e. The van der Waals surface area contributed by atoms with Crippen molar-refractivity contribution in [3.05, 3.63) is 9.89 Å². The molecule has 0 N–H and O–H groups in total. The smallest absolute Gasteiger partial charge is 0.324 e. The summed E-state index contributed by atoms with van der Waals surface area (Å²) < 4.78 is 5.08. The van der Waals surface area contributed by atoms with Gasteiger partial charge in [0.1, 0.15) is 10.5 Å². The number of amides is 1. The minimum Gasteiger partial charge on any atom is -0.468 e. The first-order valence-corrected chi connectivity index (χ1v) is 11.9. The molecule has 0 bridgehead atoms. The van der Waals surface area contributed by atoms with Gasteiger partial charge in [0.2, 0.25) is 5.91 Å². The maximum absolute atomic E-state index is 13.7. The Kier molecular flexibility index (Phi) is 6.96. The third-order valence-electron chi connectivity index (χ3n) is 6.58. The van der Waals surface area contributed by atoms with Crippen molar-refractivity contribution < 1.29 is 19.1 Å². The summed E-state index contributed by atoms with van der Waals surface area (Å²) in [4.78, 5) is 40.1. The third-order valence-corrected chi connectivity index (χ3v) is 8.49. The van der Waals surface area contributed by atoms with Crippen LogP contribution >= 0.6 is 27.7 Å². The van der Waals surface area contributed by atoms with Crippen LogP contribution in [0.5, 0.6) is 0 Å². The second-order valence-electron chi connectivity index (χ2n) is 8.59. The summed E-state index contributed by atoms with van der Waals surface area (Å²) in [7, 11) is 1.39. The number of hydrogen-bond acceptors (Lipinski definition) is 5. The Morgan fingerprint density at radius 3 is 2.36 bits per heavy atom. The molecule has 28 heavy (non-hydrogen) atoms. The van der Waals surface area contributed by atoms with Gasteiger partial charge in [0, 0.05) is 28.6 Å². The van der Waals surface area contributed by atoms with Gasteiger partial charge in [-0.25, -0.2) is 0 Å². The molecule has 0 aromatic heterocycles. The normalized spacial score (nSPS) is 34.1. The fourth-order valence-electron chi connectivity index (χ4n) is 4.76. The Balaban J connectivity index is 1.92. The van der Waals surface area contributed by atoms with E-state index in [1.165, 1.54) is 18.9 Å². The zero-order valence-corrected chi connectivity index (χ0v) is 19.3. The number of esters is 1. The monoisotopic (exact) mass is 471 g/mol. The van der Waals surface area contributed by atoms with E-state index < -0.39 is 4.75 Å². The van der Waals surface area contributed by atoms with Gasteiger partial charge in [-0.15, -0.1) is 0 Å². The summed E-state index contributed by atoms with van der Waals surface area (Å²) in [5.41, 5.74) is 0. The lowest BCUT2D eigenvalue weighted by Crippen LogP contribution is -2.58. The number of halogens is 1. The van der Waals surface area contributed by atoms with Crippen molar-refractivity contribution in [2.45, 2.75) is 82.0 Å². The van der Waals surface area contributed by atoms with Crippen molar-refractivity contribution in [3.8, 4) is 0 Å². The molecule has 0 spiro atoms. The third kappa shape index (κ3) is 4.35. The van der Waals surface area contributed by atoms with Crippen LogP contribution in [0.25, 0.3) is 0 Å². The van der Waals surface area contributed by atoms with Crippen molar-refractivity contribution in [3.63, 3.8) is 0 Å². The van der Waals surface area contributed by atoms with Gasteiger partial charge in [0.15, 0.2) is 0 Å². The average molecular weight is 472 g/mol. The van der Waals surface area contributed by atoms with Gasteiger partial charge in [0.25, 0.3) is 0 Å².